The Morgan fingerprint density at radius 2 is 1.76 bits per heavy atom. The molecule has 29 heavy (non-hydrogen) atoms. The molecule has 0 aliphatic carbocycles. The largest absolute Gasteiger partial charge is 0.508 e. The zero-order valence-corrected chi connectivity index (χ0v) is 17.1. The average molecular weight is 407 g/mol. The first kappa shape index (κ1) is 19.5. The van der Waals surface area contributed by atoms with Gasteiger partial charge in [0.1, 0.15) is 17.7 Å². The Balaban J connectivity index is 1.75. The molecule has 5 heteroatoms. The summed E-state index contributed by atoms with van der Waals surface area (Å²) in [6, 6.07) is 21.3. The van der Waals surface area contributed by atoms with Gasteiger partial charge in [-0.1, -0.05) is 41.4 Å². The quantitative estimate of drug-likeness (QED) is 0.594. The summed E-state index contributed by atoms with van der Waals surface area (Å²) in [7, 11) is 1.66. The van der Waals surface area contributed by atoms with Crippen LogP contribution in [0.1, 0.15) is 40.9 Å². The van der Waals surface area contributed by atoms with Gasteiger partial charge in [0.15, 0.2) is 0 Å². The van der Waals surface area contributed by atoms with Gasteiger partial charge >= 0.3 is 0 Å². The van der Waals surface area contributed by atoms with E-state index >= 15 is 0 Å². The van der Waals surface area contributed by atoms with Crippen molar-refractivity contribution >= 4 is 17.3 Å². The van der Waals surface area contributed by atoms with Gasteiger partial charge in [0, 0.05) is 28.8 Å². The van der Waals surface area contributed by atoms with E-state index in [4.69, 9.17) is 21.3 Å². The second-order valence-corrected chi connectivity index (χ2v) is 7.68. The number of rotatable bonds is 4. The minimum absolute atomic E-state index is 0.116. The number of methoxy groups -OCH3 is 1. The second-order valence-electron chi connectivity index (χ2n) is 7.24. The van der Waals surface area contributed by atoms with Crippen LogP contribution in [0, 0.1) is 6.92 Å². The molecule has 2 atom stereocenters. The number of benzene rings is 3. The molecule has 3 aromatic rings. The third-order valence-electron chi connectivity index (χ3n) is 5.22. The average Bonchev–Trinajstić information content (AvgIpc) is 2.75. The number of phenols is 1. The fourth-order valence-corrected chi connectivity index (χ4v) is 3.77. The molecular formula is C24H23ClN2O2. The molecule has 1 aliphatic rings. The van der Waals surface area contributed by atoms with Crippen molar-refractivity contribution < 1.29 is 9.84 Å². The molecule has 1 heterocycles. The van der Waals surface area contributed by atoms with Crippen molar-refractivity contribution in [2.24, 2.45) is 4.99 Å². The molecule has 0 saturated carbocycles. The maximum atomic E-state index is 10.5. The van der Waals surface area contributed by atoms with Crippen molar-refractivity contribution in [2.75, 3.05) is 7.11 Å². The van der Waals surface area contributed by atoms with Crippen LogP contribution in [0.15, 0.2) is 71.7 Å². The Hall–Kier alpha value is -2.82. The van der Waals surface area contributed by atoms with Gasteiger partial charge in [-0.3, -0.25) is 10.3 Å². The van der Waals surface area contributed by atoms with Crippen molar-refractivity contribution in [1.29, 1.82) is 0 Å². The van der Waals surface area contributed by atoms with Gasteiger partial charge in [-0.25, -0.2) is 0 Å². The van der Waals surface area contributed by atoms with Gasteiger partial charge in [-0.05, 0) is 60.5 Å². The normalized spacial score (nSPS) is 18.9. The first-order chi connectivity index (χ1) is 14.0. The highest BCUT2D eigenvalue weighted by Crippen LogP contribution is 2.36. The van der Waals surface area contributed by atoms with Crippen LogP contribution in [0.4, 0.5) is 0 Å². The van der Waals surface area contributed by atoms with Gasteiger partial charge in [0.05, 0.1) is 7.11 Å². The van der Waals surface area contributed by atoms with Gasteiger partial charge < -0.3 is 9.84 Å². The molecule has 0 amide bonds. The molecule has 148 valence electrons. The highest BCUT2D eigenvalue weighted by Gasteiger charge is 2.27. The summed E-state index contributed by atoms with van der Waals surface area (Å²) in [5.41, 5.74) is 5.06. The summed E-state index contributed by atoms with van der Waals surface area (Å²) in [4.78, 5) is 4.99. The van der Waals surface area contributed by atoms with Crippen molar-refractivity contribution in [3.63, 3.8) is 0 Å². The Kier molecular flexibility index (Phi) is 5.56. The van der Waals surface area contributed by atoms with E-state index in [1.807, 2.05) is 30.3 Å². The van der Waals surface area contributed by atoms with Crippen molar-refractivity contribution in [3.8, 4) is 11.5 Å². The molecular weight excluding hydrogens is 384 g/mol. The summed E-state index contributed by atoms with van der Waals surface area (Å²) in [6.07, 6.45) is 0.424. The van der Waals surface area contributed by atoms with Gasteiger partial charge in [0.2, 0.25) is 0 Å². The molecule has 0 radical (unpaired) electrons. The Labute approximate surface area is 175 Å². The highest BCUT2D eigenvalue weighted by molar-refractivity contribution is 6.30. The number of nitrogens with zero attached hydrogens (tertiary/aromatic N) is 1. The van der Waals surface area contributed by atoms with E-state index in [1.165, 1.54) is 5.56 Å². The molecule has 4 nitrogen and oxygen atoms in total. The first-order valence-corrected chi connectivity index (χ1v) is 9.93. The van der Waals surface area contributed by atoms with E-state index in [9.17, 15) is 5.11 Å². The lowest BCUT2D eigenvalue weighted by atomic mass is 9.93. The van der Waals surface area contributed by atoms with E-state index in [2.05, 4.69) is 36.5 Å². The maximum absolute atomic E-state index is 10.5. The molecule has 1 aliphatic heterocycles. The van der Waals surface area contributed by atoms with Crippen LogP contribution in [-0.4, -0.2) is 17.9 Å². The maximum Gasteiger partial charge on any atom is 0.126 e. The number of aryl methyl sites for hydroxylation is 1. The topological polar surface area (TPSA) is 53.8 Å². The summed E-state index contributed by atoms with van der Waals surface area (Å²) >= 11 is 6.21. The Morgan fingerprint density at radius 3 is 2.45 bits per heavy atom. The van der Waals surface area contributed by atoms with Crippen LogP contribution in [0.25, 0.3) is 0 Å². The molecule has 0 spiro atoms. The van der Waals surface area contributed by atoms with Crippen molar-refractivity contribution in [2.45, 2.75) is 25.6 Å². The third-order valence-corrected chi connectivity index (χ3v) is 5.46. The molecule has 4 rings (SSSR count). The van der Waals surface area contributed by atoms with Crippen molar-refractivity contribution in [3.05, 3.63) is 94.0 Å². The zero-order chi connectivity index (χ0) is 20.4. The lowest BCUT2D eigenvalue weighted by molar-refractivity contribution is 0.412. The van der Waals surface area contributed by atoms with Crippen molar-refractivity contribution in [1.82, 2.24) is 5.32 Å². The molecule has 2 N–H and O–H groups in total. The monoisotopic (exact) mass is 406 g/mol. The Bertz CT molecular complexity index is 1030. The fourth-order valence-electron chi connectivity index (χ4n) is 3.59. The molecule has 3 aromatic carbocycles. The first-order valence-electron chi connectivity index (χ1n) is 9.55. The number of ether oxygens (including phenoxy) is 1. The minimum Gasteiger partial charge on any atom is -0.508 e. The predicted molar refractivity (Wildman–Crippen MR) is 117 cm³/mol. The highest BCUT2D eigenvalue weighted by atomic mass is 35.5. The number of hydrogen-bond acceptors (Lipinski definition) is 4. The van der Waals surface area contributed by atoms with Crippen LogP contribution in [-0.2, 0) is 0 Å². The molecule has 2 unspecified atom stereocenters. The number of aliphatic imine (C=N–C) groups is 1. The standard InChI is InChI=1S/C24H23ClN2O2/c1-15-3-5-17(6-4-15)24-26-21(16-7-10-19(29-2)11-8-16)14-22(27-24)20-13-18(25)9-12-23(20)28/h3-13,22,24,27-28H,14H2,1-2H3. The lowest BCUT2D eigenvalue weighted by Crippen LogP contribution is -2.33. The van der Waals surface area contributed by atoms with Crippen LogP contribution in [0.2, 0.25) is 5.02 Å². The van der Waals surface area contributed by atoms with E-state index < -0.39 is 0 Å². The van der Waals surface area contributed by atoms with E-state index in [-0.39, 0.29) is 18.0 Å². The zero-order valence-electron chi connectivity index (χ0n) is 16.4. The summed E-state index contributed by atoms with van der Waals surface area (Å²) in [6.45, 7) is 2.07. The second kappa shape index (κ2) is 8.27. The molecule has 0 saturated heterocycles. The van der Waals surface area contributed by atoms with Crippen LogP contribution in [0.5, 0.6) is 11.5 Å². The van der Waals surface area contributed by atoms with E-state index in [1.54, 1.807) is 19.2 Å². The van der Waals surface area contributed by atoms with Crippen LogP contribution < -0.4 is 10.1 Å². The SMILES string of the molecule is COc1ccc(C2=NC(c3ccc(C)cc3)NC(c3cc(Cl)ccc3O)C2)cc1. The molecule has 0 bridgehead atoms. The van der Waals surface area contributed by atoms with Crippen LogP contribution in [0.3, 0.4) is 0 Å². The van der Waals surface area contributed by atoms with E-state index in [0.29, 0.717) is 11.4 Å². The predicted octanol–water partition coefficient (Wildman–Crippen LogP) is 5.59. The number of nitrogens with one attached hydrogen (secondary N) is 1. The summed E-state index contributed by atoms with van der Waals surface area (Å²) in [5, 5.41) is 14.6. The van der Waals surface area contributed by atoms with Gasteiger partial charge in [-0.15, -0.1) is 0 Å². The number of phenolic OH excluding ortho intramolecular Hbond substituents is 1. The summed E-state index contributed by atoms with van der Waals surface area (Å²) < 4.78 is 5.28. The number of halogens is 1. The Morgan fingerprint density at radius 1 is 1.03 bits per heavy atom. The lowest BCUT2D eigenvalue weighted by Gasteiger charge is -2.31. The number of aromatic hydroxyl groups is 1. The summed E-state index contributed by atoms with van der Waals surface area (Å²) in [5.74, 6) is 1.04. The van der Waals surface area contributed by atoms with Gasteiger partial charge in [0.25, 0.3) is 0 Å². The van der Waals surface area contributed by atoms with Gasteiger partial charge in [-0.2, -0.15) is 0 Å². The minimum atomic E-state index is -0.218. The van der Waals surface area contributed by atoms with E-state index in [0.717, 1.165) is 28.2 Å². The fraction of sp³-hybridized carbons (Fsp3) is 0.208. The number of hydrogen-bond donors (Lipinski definition) is 2. The smallest absolute Gasteiger partial charge is 0.126 e. The molecule has 0 fully saturated rings. The molecule has 0 aromatic heterocycles. The van der Waals surface area contributed by atoms with Crippen LogP contribution >= 0.6 is 11.6 Å². The third kappa shape index (κ3) is 4.29.